The van der Waals surface area contributed by atoms with Gasteiger partial charge in [0.25, 0.3) is 5.91 Å². The van der Waals surface area contributed by atoms with Crippen LogP contribution in [0.15, 0.2) is 60.0 Å². The van der Waals surface area contributed by atoms with Gasteiger partial charge in [0.2, 0.25) is 5.91 Å². The van der Waals surface area contributed by atoms with Crippen LogP contribution in [0.5, 0.6) is 0 Å². The molecule has 0 saturated carbocycles. The van der Waals surface area contributed by atoms with Crippen LogP contribution in [0.3, 0.4) is 0 Å². The molecule has 0 unspecified atom stereocenters. The van der Waals surface area contributed by atoms with E-state index in [-0.39, 0.29) is 18.5 Å². The number of hydrogen-bond acceptors (Lipinski definition) is 7. The second-order valence-corrected chi connectivity index (χ2v) is 9.29. The summed E-state index contributed by atoms with van der Waals surface area (Å²) in [5.41, 5.74) is 2.08. The van der Waals surface area contributed by atoms with Crippen molar-refractivity contribution in [2.75, 3.05) is 18.9 Å². The molecule has 3 aromatic rings. The molecule has 3 rings (SSSR count). The zero-order chi connectivity index (χ0) is 23.1. The van der Waals surface area contributed by atoms with Gasteiger partial charge in [0.15, 0.2) is 5.13 Å². The number of carbonyl (C=O) groups excluding carboxylic acids is 2. The quantitative estimate of drug-likeness (QED) is 0.521. The van der Waals surface area contributed by atoms with Crippen LogP contribution in [0.1, 0.15) is 22.3 Å². The molecule has 2 aromatic carbocycles. The first-order valence-corrected chi connectivity index (χ1v) is 11.7. The molecule has 1 aromatic heterocycles. The van der Waals surface area contributed by atoms with Crippen LogP contribution in [0, 0.1) is 11.3 Å². The van der Waals surface area contributed by atoms with Gasteiger partial charge in [-0.2, -0.15) is 18.0 Å². The molecular weight excluding hydrogens is 450 g/mol. The zero-order valence-electron chi connectivity index (χ0n) is 17.0. The van der Waals surface area contributed by atoms with E-state index in [9.17, 15) is 18.0 Å². The first-order chi connectivity index (χ1) is 15.3. The number of rotatable bonds is 8. The Balaban J connectivity index is 1.53. The summed E-state index contributed by atoms with van der Waals surface area (Å²) in [6, 6.07) is 17.0. The number of hydrogen-bond donors (Lipinski definition) is 2. The Morgan fingerprint density at radius 3 is 2.62 bits per heavy atom. The normalized spacial score (nSPS) is 11.0. The molecule has 164 valence electrons. The van der Waals surface area contributed by atoms with Gasteiger partial charge in [0, 0.05) is 36.5 Å². The van der Waals surface area contributed by atoms with Crippen molar-refractivity contribution in [3.63, 3.8) is 0 Å². The molecule has 2 N–H and O–H groups in total. The molecule has 0 aliphatic rings. The van der Waals surface area contributed by atoms with E-state index < -0.39 is 22.0 Å². The lowest BCUT2D eigenvalue weighted by molar-refractivity contribution is -0.116. The van der Waals surface area contributed by atoms with Crippen molar-refractivity contribution in [2.45, 2.75) is 6.42 Å². The average molecular weight is 470 g/mol. The smallest absolute Gasteiger partial charge is 0.302 e. The third-order valence-corrected chi connectivity index (χ3v) is 6.56. The number of amides is 2. The van der Waals surface area contributed by atoms with Gasteiger partial charge in [0.05, 0.1) is 17.3 Å². The van der Waals surface area contributed by atoms with Crippen LogP contribution < -0.4 is 10.0 Å². The first-order valence-electron chi connectivity index (χ1n) is 9.38. The van der Waals surface area contributed by atoms with Crippen LogP contribution >= 0.6 is 11.3 Å². The molecule has 2 amide bonds. The van der Waals surface area contributed by atoms with E-state index in [2.05, 4.69) is 16.4 Å². The fraction of sp³-hybridized carbons (Fsp3) is 0.143. The van der Waals surface area contributed by atoms with Gasteiger partial charge >= 0.3 is 10.2 Å². The van der Waals surface area contributed by atoms with Gasteiger partial charge in [0.1, 0.15) is 0 Å². The molecule has 0 spiro atoms. The number of anilines is 1. The molecule has 9 nitrogen and oxygen atoms in total. The molecule has 0 saturated heterocycles. The van der Waals surface area contributed by atoms with E-state index in [4.69, 9.17) is 5.26 Å². The largest absolute Gasteiger partial charge is 0.303 e. The van der Waals surface area contributed by atoms with Crippen molar-refractivity contribution in [1.82, 2.24) is 14.0 Å². The predicted molar refractivity (Wildman–Crippen MR) is 121 cm³/mol. The second kappa shape index (κ2) is 10.1. The fourth-order valence-corrected chi connectivity index (χ4v) is 4.19. The maximum atomic E-state index is 12.3. The van der Waals surface area contributed by atoms with E-state index >= 15 is 0 Å². The molecule has 0 aliphatic carbocycles. The molecule has 0 bridgehead atoms. The number of aromatic nitrogens is 1. The topological polar surface area (TPSA) is 132 Å². The number of carbonyl (C=O) groups is 2. The highest BCUT2D eigenvalue weighted by Crippen LogP contribution is 2.25. The number of nitrogens with one attached hydrogen (secondary N) is 2. The summed E-state index contributed by atoms with van der Waals surface area (Å²) < 4.78 is 27.5. The number of benzene rings is 2. The molecule has 1 heterocycles. The van der Waals surface area contributed by atoms with E-state index in [1.54, 1.807) is 41.8 Å². The Morgan fingerprint density at radius 2 is 1.91 bits per heavy atom. The molecule has 0 fully saturated rings. The number of nitriles is 1. The maximum absolute atomic E-state index is 12.3. The fourth-order valence-electron chi connectivity index (χ4n) is 2.62. The van der Waals surface area contributed by atoms with Gasteiger partial charge in [-0.25, -0.2) is 9.71 Å². The van der Waals surface area contributed by atoms with Crippen LogP contribution in [-0.4, -0.2) is 43.1 Å². The monoisotopic (exact) mass is 469 g/mol. The van der Waals surface area contributed by atoms with Crippen molar-refractivity contribution in [3.8, 4) is 17.3 Å². The Labute approximate surface area is 189 Å². The highest BCUT2D eigenvalue weighted by Gasteiger charge is 2.22. The minimum Gasteiger partial charge on any atom is -0.302 e. The second-order valence-electron chi connectivity index (χ2n) is 6.65. The molecule has 11 heteroatoms. The summed E-state index contributed by atoms with van der Waals surface area (Å²) >= 11 is 1.22. The SMILES string of the molecule is CN(CCC(=O)Nc1nc(-c2cccc(C#N)c2)cs1)S(=O)(=O)NC(=O)c1ccccc1. The summed E-state index contributed by atoms with van der Waals surface area (Å²) in [6.07, 6.45) is -0.129. The highest BCUT2D eigenvalue weighted by atomic mass is 32.2. The van der Waals surface area contributed by atoms with Crippen molar-refractivity contribution >= 4 is 38.5 Å². The summed E-state index contributed by atoms with van der Waals surface area (Å²) in [5.74, 6) is -1.18. The number of thiazole rings is 1. The third-order valence-electron chi connectivity index (χ3n) is 4.36. The lowest BCUT2D eigenvalue weighted by Crippen LogP contribution is -2.42. The van der Waals surface area contributed by atoms with Crippen LogP contribution in [0.4, 0.5) is 5.13 Å². The van der Waals surface area contributed by atoms with Crippen molar-refractivity contribution < 1.29 is 18.0 Å². The standard InChI is InChI=1S/C21H19N5O4S2/c1-26(32(29,30)25-20(28)16-7-3-2-4-8-16)11-10-19(27)24-21-23-18(14-31-21)17-9-5-6-15(12-17)13-22/h2-9,12,14H,10-11H2,1H3,(H,25,28)(H,23,24,27). The lowest BCUT2D eigenvalue weighted by Gasteiger charge is -2.17. The summed E-state index contributed by atoms with van der Waals surface area (Å²) in [5, 5.41) is 13.7. The van der Waals surface area contributed by atoms with Crippen molar-refractivity contribution in [2.24, 2.45) is 0 Å². The first kappa shape index (κ1) is 23.1. The maximum Gasteiger partial charge on any atom is 0.303 e. The van der Waals surface area contributed by atoms with Gasteiger partial charge < -0.3 is 5.32 Å². The summed E-state index contributed by atoms with van der Waals surface area (Å²) in [7, 11) is -2.82. The molecule has 0 atom stereocenters. The Kier molecular flexibility index (Phi) is 7.32. The lowest BCUT2D eigenvalue weighted by atomic mass is 10.1. The third kappa shape index (κ3) is 5.98. The average Bonchev–Trinajstić information content (AvgIpc) is 3.26. The van der Waals surface area contributed by atoms with Crippen LogP contribution in [0.2, 0.25) is 0 Å². The predicted octanol–water partition coefficient (Wildman–Crippen LogP) is 2.62. The molecule has 32 heavy (non-hydrogen) atoms. The molecule has 0 aliphatic heterocycles. The van der Waals surface area contributed by atoms with Crippen LogP contribution in [0.25, 0.3) is 11.3 Å². The van der Waals surface area contributed by atoms with Gasteiger partial charge in [-0.05, 0) is 24.3 Å². The zero-order valence-corrected chi connectivity index (χ0v) is 18.6. The van der Waals surface area contributed by atoms with Gasteiger partial charge in [-0.1, -0.05) is 30.3 Å². The Hall–Kier alpha value is -3.59. The van der Waals surface area contributed by atoms with Crippen LogP contribution in [-0.2, 0) is 15.0 Å². The van der Waals surface area contributed by atoms with E-state index in [1.165, 1.54) is 30.5 Å². The summed E-state index contributed by atoms with van der Waals surface area (Å²) in [6.45, 7) is -0.133. The van der Waals surface area contributed by atoms with Gasteiger partial charge in [-0.15, -0.1) is 11.3 Å². The molecule has 0 radical (unpaired) electrons. The van der Waals surface area contributed by atoms with Gasteiger partial charge in [-0.3, -0.25) is 9.59 Å². The minimum absolute atomic E-state index is 0.129. The summed E-state index contributed by atoms with van der Waals surface area (Å²) in [4.78, 5) is 28.7. The van der Waals surface area contributed by atoms with E-state index in [0.29, 0.717) is 16.4 Å². The Morgan fingerprint density at radius 1 is 1.16 bits per heavy atom. The highest BCUT2D eigenvalue weighted by molar-refractivity contribution is 7.87. The number of nitrogens with zero attached hydrogens (tertiary/aromatic N) is 3. The minimum atomic E-state index is -4.10. The van der Waals surface area contributed by atoms with E-state index in [0.717, 1.165) is 9.87 Å². The van der Waals surface area contributed by atoms with Crippen molar-refractivity contribution in [3.05, 3.63) is 71.1 Å². The van der Waals surface area contributed by atoms with Crippen molar-refractivity contribution in [1.29, 1.82) is 5.26 Å². The Bertz CT molecular complexity index is 1270. The van der Waals surface area contributed by atoms with E-state index in [1.807, 2.05) is 10.8 Å². The molecular formula is C21H19N5O4S2.